The molecule has 1 aliphatic rings. The minimum absolute atomic E-state index is 0.0633. The second kappa shape index (κ2) is 9.09. The molecule has 0 unspecified atom stereocenters. The van der Waals surface area contributed by atoms with Gasteiger partial charge in [0.15, 0.2) is 15.9 Å². The molecule has 2 atom stereocenters. The van der Waals surface area contributed by atoms with Crippen molar-refractivity contribution < 1.29 is 25.8 Å². The summed E-state index contributed by atoms with van der Waals surface area (Å²) in [4.78, 5) is 4.83. The van der Waals surface area contributed by atoms with E-state index >= 15 is 0 Å². The van der Waals surface area contributed by atoms with E-state index in [-0.39, 0.29) is 16.4 Å². The van der Waals surface area contributed by atoms with Crippen LogP contribution in [-0.2, 0) is 28.9 Å². The second-order valence-corrected chi connectivity index (χ2v) is 11.4. The molecule has 0 saturated heterocycles. The van der Waals surface area contributed by atoms with E-state index in [0.717, 1.165) is 17.4 Å². The molecule has 0 amide bonds. The van der Waals surface area contributed by atoms with Crippen LogP contribution in [0.25, 0.3) is 0 Å². The Kier molecular flexibility index (Phi) is 6.38. The Balaban J connectivity index is 1.61. The molecule has 3 aromatic rings. The summed E-state index contributed by atoms with van der Waals surface area (Å²) in [5.74, 6) is 0.370. The van der Waals surface area contributed by atoms with E-state index in [1.165, 1.54) is 24.3 Å². The average Bonchev–Trinajstić information content (AvgIpc) is 3.23. The lowest BCUT2D eigenvalue weighted by atomic mass is 10.0. The molecule has 4 rings (SSSR count). The van der Waals surface area contributed by atoms with Crippen molar-refractivity contribution in [2.24, 2.45) is 4.99 Å². The van der Waals surface area contributed by atoms with E-state index in [1.54, 1.807) is 24.3 Å². The number of aliphatic imine (C=N–C) groups is 1. The fourth-order valence-corrected chi connectivity index (χ4v) is 4.98. The Bertz CT molecular complexity index is 1370. The van der Waals surface area contributed by atoms with Gasteiger partial charge in [0.1, 0.15) is 6.04 Å². The monoisotopic (exact) mass is 485 g/mol. The molecule has 9 heteroatoms. The summed E-state index contributed by atoms with van der Waals surface area (Å²) in [7, 11) is -7.33. The van der Waals surface area contributed by atoms with Crippen molar-refractivity contribution in [3.05, 3.63) is 95.6 Å². The van der Waals surface area contributed by atoms with E-state index in [4.69, 9.17) is 8.92 Å². The number of benzene rings is 3. The van der Waals surface area contributed by atoms with Gasteiger partial charge in [-0.15, -0.1) is 0 Å². The third-order valence-corrected chi connectivity index (χ3v) is 7.66. The molecule has 1 aliphatic heterocycles. The first kappa shape index (κ1) is 23.2. The fourth-order valence-electron chi connectivity index (χ4n) is 3.42. The molecule has 0 radical (unpaired) electrons. The smallest absolute Gasteiger partial charge is 0.297 e. The maximum atomic E-state index is 12.7. The Morgan fingerprint density at radius 2 is 1.45 bits per heavy atom. The zero-order valence-corrected chi connectivity index (χ0v) is 19.7. The van der Waals surface area contributed by atoms with Crippen LogP contribution in [0.2, 0.25) is 0 Å². The van der Waals surface area contributed by atoms with Gasteiger partial charge in [-0.2, -0.15) is 8.42 Å². The summed E-state index contributed by atoms with van der Waals surface area (Å²) in [5, 5.41) is 0. The van der Waals surface area contributed by atoms with Gasteiger partial charge < -0.3 is 4.74 Å². The van der Waals surface area contributed by atoms with Crippen LogP contribution in [0.1, 0.15) is 22.8 Å². The highest BCUT2D eigenvalue weighted by Crippen LogP contribution is 2.32. The molecule has 0 fully saturated rings. The number of ether oxygens (including phenoxy) is 1. The quantitative estimate of drug-likeness (QED) is 0.473. The highest BCUT2D eigenvalue weighted by atomic mass is 32.2. The van der Waals surface area contributed by atoms with E-state index in [1.807, 2.05) is 37.3 Å². The predicted molar refractivity (Wildman–Crippen MR) is 124 cm³/mol. The molecule has 3 aromatic carbocycles. The van der Waals surface area contributed by atoms with Crippen LogP contribution in [0.4, 0.5) is 0 Å². The molecule has 0 aromatic heterocycles. The zero-order valence-electron chi connectivity index (χ0n) is 18.1. The zero-order chi connectivity index (χ0) is 23.6. The highest BCUT2D eigenvalue weighted by Gasteiger charge is 2.34. The number of aryl methyl sites for hydroxylation is 1. The van der Waals surface area contributed by atoms with E-state index in [2.05, 4.69) is 4.99 Å². The lowest BCUT2D eigenvalue weighted by Crippen LogP contribution is -2.22. The standard InChI is InChI=1S/C24H23NO6S2/c1-17-8-12-21(13-9-17)33(28,29)30-16-22-23(18-10-14-20(15-11-18)32(2,26)27)31-24(25-22)19-6-4-3-5-7-19/h3-15,22-23H,16H2,1-2H3/t22-,23-/m0/s1. The largest absolute Gasteiger partial charge is 0.467 e. The van der Waals surface area contributed by atoms with Crippen LogP contribution in [-0.4, -0.2) is 41.6 Å². The van der Waals surface area contributed by atoms with Gasteiger partial charge in [-0.25, -0.2) is 13.4 Å². The topological polar surface area (TPSA) is 99.1 Å². The van der Waals surface area contributed by atoms with Crippen LogP contribution in [0, 0.1) is 6.92 Å². The molecule has 7 nitrogen and oxygen atoms in total. The molecular formula is C24H23NO6S2. The van der Waals surface area contributed by atoms with Crippen molar-refractivity contribution in [3.63, 3.8) is 0 Å². The second-order valence-electron chi connectivity index (χ2n) is 7.80. The Morgan fingerprint density at radius 1 is 0.848 bits per heavy atom. The van der Waals surface area contributed by atoms with Gasteiger partial charge in [0.05, 0.1) is 16.4 Å². The molecule has 0 spiro atoms. The molecule has 0 saturated carbocycles. The van der Waals surface area contributed by atoms with Crippen molar-refractivity contribution >= 4 is 25.9 Å². The Labute approximate surface area is 193 Å². The molecule has 172 valence electrons. The number of nitrogens with zero attached hydrogens (tertiary/aromatic N) is 1. The number of hydrogen-bond donors (Lipinski definition) is 0. The van der Waals surface area contributed by atoms with Crippen LogP contribution in [0.3, 0.4) is 0 Å². The summed E-state index contributed by atoms with van der Waals surface area (Å²) < 4.78 is 60.4. The third kappa shape index (κ3) is 5.32. The summed E-state index contributed by atoms with van der Waals surface area (Å²) in [5.41, 5.74) is 2.35. The maximum Gasteiger partial charge on any atom is 0.297 e. The van der Waals surface area contributed by atoms with Crippen molar-refractivity contribution in [1.29, 1.82) is 0 Å². The average molecular weight is 486 g/mol. The van der Waals surface area contributed by atoms with E-state index in [0.29, 0.717) is 11.5 Å². The van der Waals surface area contributed by atoms with Gasteiger partial charge in [0, 0.05) is 11.8 Å². The van der Waals surface area contributed by atoms with Gasteiger partial charge >= 0.3 is 0 Å². The normalized spacial score (nSPS) is 18.5. The van der Waals surface area contributed by atoms with E-state index < -0.39 is 32.1 Å². The van der Waals surface area contributed by atoms with Crippen molar-refractivity contribution in [2.45, 2.75) is 28.9 Å². The first-order valence-corrected chi connectivity index (χ1v) is 13.5. The summed E-state index contributed by atoms with van der Waals surface area (Å²) in [6.45, 7) is 1.64. The van der Waals surface area contributed by atoms with Crippen LogP contribution >= 0.6 is 0 Å². The highest BCUT2D eigenvalue weighted by molar-refractivity contribution is 7.90. The molecule has 0 N–H and O–H groups in total. The SMILES string of the molecule is Cc1ccc(S(=O)(=O)OC[C@@H]2N=C(c3ccccc3)O[C@H]2c2ccc(S(C)(=O)=O)cc2)cc1. The number of rotatable bonds is 7. The fraction of sp³-hybridized carbons (Fsp3) is 0.208. The van der Waals surface area contributed by atoms with E-state index in [9.17, 15) is 16.8 Å². The third-order valence-electron chi connectivity index (χ3n) is 5.23. The van der Waals surface area contributed by atoms with Gasteiger partial charge in [0.25, 0.3) is 10.1 Å². The van der Waals surface area contributed by atoms with Crippen molar-refractivity contribution in [2.75, 3.05) is 12.9 Å². The molecule has 1 heterocycles. The molecule has 0 bridgehead atoms. The van der Waals surface area contributed by atoms with Gasteiger partial charge in [0.2, 0.25) is 5.90 Å². The number of sulfone groups is 1. The van der Waals surface area contributed by atoms with Crippen molar-refractivity contribution in [3.8, 4) is 0 Å². The predicted octanol–water partition coefficient (Wildman–Crippen LogP) is 3.69. The first-order valence-electron chi connectivity index (χ1n) is 10.2. The lowest BCUT2D eigenvalue weighted by Gasteiger charge is -2.18. The van der Waals surface area contributed by atoms with Crippen molar-refractivity contribution in [1.82, 2.24) is 0 Å². The lowest BCUT2D eigenvalue weighted by molar-refractivity contribution is 0.162. The van der Waals surface area contributed by atoms with Gasteiger partial charge in [-0.3, -0.25) is 4.18 Å². The Morgan fingerprint density at radius 3 is 2.06 bits per heavy atom. The van der Waals surface area contributed by atoms with Gasteiger partial charge in [-0.05, 0) is 48.9 Å². The number of hydrogen-bond acceptors (Lipinski definition) is 7. The summed E-state index contributed by atoms with van der Waals surface area (Å²) in [6, 6.07) is 21.3. The van der Waals surface area contributed by atoms with Gasteiger partial charge in [-0.1, -0.05) is 48.0 Å². The minimum atomic E-state index is -3.98. The Hall–Kier alpha value is -3.01. The molecule has 33 heavy (non-hydrogen) atoms. The minimum Gasteiger partial charge on any atom is -0.467 e. The summed E-state index contributed by atoms with van der Waals surface area (Å²) >= 11 is 0. The molecule has 0 aliphatic carbocycles. The summed E-state index contributed by atoms with van der Waals surface area (Å²) in [6.07, 6.45) is 0.499. The van der Waals surface area contributed by atoms with Crippen LogP contribution < -0.4 is 0 Å². The first-order chi connectivity index (χ1) is 15.6. The van der Waals surface area contributed by atoms with Crippen LogP contribution in [0.15, 0.2) is 93.6 Å². The maximum absolute atomic E-state index is 12.7. The molecular weight excluding hydrogens is 462 g/mol. The van der Waals surface area contributed by atoms with Crippen LogP contribution in [0.5, 0.6) is 0 Å².